The van der Waals surface area contributed by atoms with Crippen molar-refractivity contribution in [1.82, 2.24) is 15.2 Å². The molecule has 1 N–H and O–H groups in total. The second kappa shape index (κ2) is 11.5. The molecule has 3 rings (SSSR count). The zero-order chi connectivity index (χ0) is 18.2. The van der Waals surface area contributed by atoms with Gasteiger partial charge in [-0.1, -0.05) is 30.3 Å². The predicted octanol–water partition coefficient (Wildman–Crippen LogP) is 4.00. The van der Waals surface area contributed by atoms with E-state index in [-0.39, 0.29) is 24.0 Å². The summed E-state index contributed by atoms with van der Waals surface area (Å²) in [5.74, 6) is 0.950. The van der Waals surface area contributed by atoms with Crippen LogP contribution >= 0.6 is 35.3 Å². The Hall–Kier alpha value is -1.35. The number of benzene rings is 1. The van der Waals surface area contributed by atoms with Crippen molar-refractivity contribution in [3.8, 4) is 0 Å². The van der Waals surface area contributed by atoms with Gasteiger partial charge in [-0.2, -0.15) is 0 Å². The highest BCUT2D eigenvalue weighted by Crippen LogP contribution is 2.24. The van der Waals surface area contributed by atoms with E-state index in [1.54, 1.807) is 11.3 Å². The Morgan fingerprint density at radius 3 is 2.70 bits per heavy atom. The Balaban J connectivity index is 0.00000261. The van der Waals surface area contributed by atoms with Crippen molar-refractivity contribution in [3.63, 3.8) is 0 Å². The summed E-state index contributed by atoms with van der Waals surface area (Å²) in [6.07, 6.45) is 3.47. The van der Waals surface area contributed by atoms with Crippen LogP contribution in [0.15, 0.2) is 40.7 Å². The van der Waals surface area contributed by atoms with Gasteiger partial charge in [-0.25, -0.2) is 4.98 Å². The first kappa shape index (κ1) is 21.9. The molecule has 27 heavy (non-hydrogen) atoms. The fourth-order valence-electron chi connectivity index (χ4n) is 3.14. The molecule has 1 fully saturated rings. The van der Waals surface area contributed by atoms with Crippen LogP contribution in [0.2, 0.25) is 0 Å². The SMILES string of the molecule is CCNC(=NCCc1csc(N2CCCC2)n1)N(C)Cc1ccccc1.I. The highest BCUT2D eigenvalue weighted by atomic mass is 127. The van der Waals surface area contributed by atoms with Crippen LogP contribution in [0.1, 0.15) is 31.0 Å². The number of halogens is 1. The maximum atomic E-state index is 4.79. The molecule has 0 spiro atoms. The molecule has 1 saturated heterocycles. The molecular weight excluding hydrogens is 469 g/mol. The zero-order valence-electron chi connectivity index (χ0n) is 16.2. The van der Waals surface area contributed by atoms with Gasteiger partial charge >= 0.3 is 0 Å². The first-order valence-corrected chi connectivity index (χ1v) is 10.4. The number of nitrogens with one attached hydrogen (secondary N) is 1. The third-order valence-electron chi connectivity index (χ3n) is 4.50. The summed E-state index contributed by atoms with van der Waals surface area (Å²) in [6.45, 7) is 6.88. The van der Waals surface area contributed by atoms with Crippen LogP contribution in [0.4, 0.5) is 5.13 Å². The van der Waals surface area contributed by atoms with Crippen molar-refractivity contribution >= 4 is 46.4 Å². The molecule has 0 amide bonds. The van der Waals surface area contributed by atoms with E-state index in [1.807, 2.05) is 6.07 Å². The van der Waals surface area contributed by atoms with E-state index >= 15 is 0 Å². The Morgan fingerprint density at radius 2 is 2.00 bits per heavy atom. The van der Waals surface area contributed by atoms with Crippen molar-refractivity contribution in [2.75, 3.05) is 38.1 Å². The van der Waals surface area contributed by atoms with Gasteiger partial charge in [-0.05, 0) is 25.3 Å². The van der Waals surface area contributed by atoms with Crippen LogP contribution in [0.5, 0.6) is 0 Å². The lowest BCUT2D eigenvalue weighted by atomic mass is 10.2. The van der Waals surface area contributed by atoms with Gasteiger partial charge in [0, 0.05) is 51.6 Å². The molecule has 2 aromatic rings. The fraction of sp³-hybridized carbons (Fsp3) is 0.500. The lowest BCUT2D eigenvalue weighted by molar-refractivity contribution is 0.477. The van der Waals surface area contributed by atoms with Crippen LogP contribution in [0.3, 0.4) is 0 Å². The number of aliphatic imine (C=N–C) groups is 1. The Kier molecular flexibility index (Phi) is 9.33. The van der Waals surface area contributed by atoms with Crippen molar-refractivity contribution in [3.05, 3.63) is 47.0 Å². The molecule has 1 aromatic carbocycles. The molecule has 0 atom stereocenters. The average Bonchev–Trinajstić information content (AvgIpc) is 3.33. The third kappa shape index (κ3) is 6.64. The number of hydrogen-bond acceptors (Lipinski definition) is 4. The van der Waals surface area contributed by atoms with E-state index in [2.05, 4.69) is 58.7 Å². The van der Waals surface area contributed by atoms with Gasteiger partial charge in [-0.15, -0.1) is 35.3 Å². The van der Waals surface area contributed by atoms with Crippen molar-refractivity contribution in [2.45, 2.75) is 32.7 Å². The molecule has 0 saturated carbocycles. The van der Waals surface area contributed by atoms with Crippen LogP contribution in [-0.2, 0) is 13.0 Å². The van der Waals surface area contributed by atoms with E-state index in [9.17, 15) is 0 Å². The predicted molar refractivity (Wildman–Crippen MR) is 127 cm³/mol. The van der Waals surface area contributed by atoms with Crippen molar-refractivity contribution in [1.29, 1.82) is 0 Å². The quantitative estimate of drug-likeness (QED) is 0.356. The molecule has 1 aliphatic rings. The largest absolute Gasteiger partial charge is 0.357 e. The normalized spacial score (nSPS) is 14.1. The van der Waals surface area contributed by atoms with E-state index in [4.69, 9.17) is 9.98 Å². The second-order valence-corrected chi connectivity index (χ2v) is 7.48. The van der Waals surface area contributed by atoms with E-state index in [1.165, 1.54) is 23.5 Å². The zero-order valence-corrected chi connectivity index (χ0v) is 19.4. The Labute approximate surface area is 183 Å². The summed E-state index contributed by atoms with van der Waals surface area (Å²) in [7, 11) is 2.09. The third-order valence-corrected chi connectivity index (χ3v) is 5.45. The molecule has 1 aliphatic heterocycles. The summed E-state index contributed by atoms with van der Waals surface area (Å²) in [4.78, 5) is 14.2. The summed E-state index contributed by atoms with van der Waals surface area (Å²) in [6, 6.07) is 10.5. The standard InChI is InChI=1S/C20H29N5S.HI/c1-3-21-19(24(2)15-17-9-5-4-6-10-17)22-12-11-18-16-26-20(23-18)25-13-7-8-14-25;/h4-6,9-10,16H,3,7-8,11-15H2,1-2H3,(H,21,22);1H. The molecular formula is C20H30IN5S. The summed E-state index contributed by atoms with van der Waals surface area (Å²) in [5, 5.41) is 6.75. The van der Waals surface area contributed by atoms with E-state index in [0.29, 0.717) is 0 Å². The summed E-state index contributed by atoms with van der Waals surface area (Å²) >= 11 is 1.76. The van der Waals surface area contributed by atoms with E-state index in [0.717, 1.165) is 50.8 Å². The average molecular weight is 499 g/mol. The van der Waals surface area contributed by atoms with Gasteiger partial charge in [-0.3, -0.25) is 4.99 Å². The van der Waals surface area contributed by atoms with Crippen molar-refractivity contribution < 1.29 is 0 Å². The highest BCUT2D eigenvalue weighted by Gasteiger charge is 2.15. The van der Waals surface area contributed by atoms with Crippen LogP contribution in [0.25, 0.3) is 0 Å². The molecule has 0 unspecified atom stereocenters. The van der Waals surface area contributed by atoms with Gasteiger partial charge < -0.3 is 15.1 Å². The van der Waals surface area contributed by atoms with Gasteiger partial charge in [0.1, 0.15) is 0 Å². The number of rotatable bonds is 7. The number of aromatic nitrogens is 1. The van der Waals surface area contributed by atoms with E-state index < -0.39 is 0 Å². The molecule has 2 heterocycles. The van der Waals surface area contributed by atoms with Crippen molar-refractivity contribution in [2.24, 2.45) is 4.99 Å². The van der Waals surface area contributed by atoms with Gasteiger partial charge in [0.2, 0.25) is 0 Å². The molecule has 148 valence electrons. The van der Waals surface area contributed by atoms with Gasteiger partial charge in [0.25, 0.3) is 0 Å². The van der Waals surface area contributed by atoms with Gasteiger partial charge in [0.05, 0.1) is 5.69 Å². The smallest absolute Gasteiger partial charge is 0.193 e. The monoisotopic (exact) mass is 499 g/mol. The summed E-state index contributed by atoms with van der Waals surface area (Å²) in [5.41, 5.74) is 2.44. The molecule has 5 nitrogen and oxygen atoms in total. The minimum absolute atomic E-state index is 0. The first-order valence-electron chi connectivity index (χ1n) is 9.49. The number of thiazole rings is 1. The fourth-order valence-corrected chi connectivity index (χ4v) is 4.06. The number of guanidine groups is 1. The lowest BCUT2D eigenvalue weighted by Crippen LogP contribution is -2.38. The number of anilines is 1. The van der Waals surface area contributed by atoms with Gasteiger partial charge in [0.15, 0.2) is 11.1 Å². The molecule has 0 bridgehead atoms. The Bertz CT molecular complexity index is 697. The number of nitrogens with zero attached hydrogens (tertiary/aromatic N) is 4. The lowest BCUT2D eigenvalue weighted by Gasteiger charge is -2.22. The topological polar surface area (TPSA) is 43.8 Å². The van der Waals surface area contributed by atoms with Crippen LogP contribution < -0.4 is 10.2 Å². The second-order valence-electron chi connectivity index (χ2n) is 6.64. The maximum Gasteiger partial charge on any atom is 0.193 e. The minimum atomic E-state index is 0. The molecule has 7 heteroatoms. The van der Waals surface area contributed by atoms with Crippen LogP contribution in [0, 0.1) is 0 Å². The Morgan fingerprint density at radius 1 is 1.26 bits per heavy atom. The minimum Gasteiger partial charge on any atom is -0.357 e. The molecule has 1 aromatic heterocycles. The molecule has 0 radical (unpaired) electrons. The van der Waals surface area contributed by atoms with Crippen LogP contribution in [-0.4, -0.2) is 49.1 Å². The number of hydrogen-bond donors (Lipinski definition) is 1. The molecule has 0 aliphatic carbocycles. The maximum absolute atomic E-state index is 4.79. The summed E-state index contributed by atoms with van der Waals surface area (Å²) < 4.78 is 0. The first-order chi connectivity index (χ1) is 12.8. The highest BCUT2D eigenvalue weighted by molar-refractivity contribution is 14.0.